The summed E-state index contributed by atoms with van der Waals surface area (Å²) in [6.45, 7) is 2.99. The number of hydrogen-bond acceptors (Lipinski definition) is 2. The standard InChI is InChI=1S/C13H15NO2/c1-9(15)13(14-10(2)16)8-7-11-5-3-4-6-12(11)13/h3-6H,7-8H2,1-2H3,(H,14,16). The van der Waals surface area contributed by atoms with E-state index in [9.17, 15) is 9.59 Å². The lowest BCUT2D eigenvalue weighted by Gasteiger charge is -2.28. The topological polar surface area (TPSA) is 46.2 Å². The molecule has 0 heterocycles. The molecule has 0 radical (unpaired) electrons. The molecule has 84 valence electrons. The van der Waals surface area contributed by atoms with Gasteiger partial charge in [0.1, 0.15) is 5.54 Å². The van der Waals surface area contributed by atoms with E-state index in [4.69, 9.17) is 0 Å². The van der Waals surface area contributed by atoms with Gasteiger partial charge in [-0.15, -0.1) is 0 Å². The monoisotopic (exact) mass is 217 g/mol. The molecular weight excluding hydrogens is 202 g/mol. The molecule has 1 amide bonds. The molecule has 0 saturated heterocycles. The second kappa shape index (κ2) is 3.74. The van der Waals surface area contributed by atoms with Crippen LogP contribution in [-0.4, -0.2) is 11.7 Å². The van der Waals surface area contributed by atoms with Crippen LogP contribution in [0.4, 0.5) is 0 Å². The van der Waals surface area contributed by atoms with E-state index < -0.39 is 5.54 Å². The van der Waals surface area contributed by atoms with Crippen molar-refractivity contribution in [2.45, 2.75) is 32.2 Å². The van der Waals surface area contributed by atoms with E-state index in [1.54, 1.807) is 0 Å². The summed E-state index contributed by atoms with van der Waals surface area (Å²) in [4.78, 5) is 23.1. The molecule has 0 aliphatic heterocycles. The molecule has 1 unspecified atom stereocenters. The quantitative estimate of drug-likeness (QED) is 0.817. The van der Waals surface area contributed by atoms with Crippen LogP contribution in [0.25, 0.3) is 0 Å². The Hall–Kier alpha value is -1.64. The molecule has 0 aromatic heterocycles. The minimum Gasteiger partial charge on any atom is -0.340 e. The summed E-state index contributed by atoms with van der Waals surface area (Å²) >= 11 is 0. The van der Waals surface area contributed by atoms with Crippen LogP contribution >= 0.6 is 0 Å². The largest absolute Gasteiger partial charge is 0.340 e. The summed E-state index contributed by atoms with van der Waals surface area (Å²) in [6, 6.07) is 7.81. The highest BCUT2D eigenvalue weighted by molar-refractivity contribution is 5.93. The van der Waals surface area contributed by atoms with Crippen LogP contribution in [0.5, 0.6) is 0 Å². The molecule has 1 atom stereocenters. The first-order valence-corrected chi connectivity index (χ1v) is 5.44. The van der Waals surface area contributed by atoms with Crippen LogP contribution in [0.1, 0.15) is 31.4 Å². The maximum absolute atomic E-state index is 11.9. The summed E-state index contributed by atoms with van der Waals surface area (Å²) in [5.41, 5.74) is 1.33. The molecule has 2 rings (SSSR count). The van der Waals surface area contributed by atoms with Crippen LogP contribution < -0.4 is 5.32 Å². The Kier molecular flexibility index (Phi) is 2.54. The van der Waals surface area contributed by atoms with E-state index in [2.05, 4.69) is 5.32 Å². The number of nitrogens with one attached hydrogen (secondary N) is 1. The van der Waals surface area contributed by atoms with Crippen molar-refractivity contribution in [1.29, 1.82) is 0 Å². The zero-order chi connectivity index (χ0) is 11.8. The van der Waals surface area contributed by atoms with Crippen molar-refractivity contribution in [1.82, 2.24) is 5.32 Å². The number of aryl methyl sites for hydroxylation is 1. The third-order valence-corrected chi connectivity index (χ3v) is 3.24. The Morgan fingerprint density at radius 1 is 1.25 bits per heavy atom. The van der Waals surface area contributed by atoms with E-state index in [1.165, 1.54) is 13.8 Å². The number of carbonyl (C=O) groups is 2. The van der Waals surface area contributed by atoms with E-state index >= 15 is 0 Å². The van der Waals surface area contributed by atoms with E-state index in [-0.39, 0.29) is 11.7 Å². The molecule has 1 aromatic rings. The van der Waals surface area contributed by atoms with Gasteiger partial charge in [0, 0.05) is 6.92 Å². The van der Waals surface area contributed by atoms with Gasteiger partial charge in [0.15, 0.2) is 5.78 Å². The molecule has 0 saturated carbocycles. The first-order chi connectivity index (χ1) is 7.56. The number of carbonyl (C=O) groups excluding carboxylic acids is 2. The van der Waals surface area contributed by atoms with Crippen LogP contribution in [0, 0.1) is 0 Å². The molecular formula is C13H15NO2. The molecule has 3 nitrogen and oxygen atoms in total. The molecule has 1 N–H and O–H groups in total. The molecule has 1 aromatic carbocycles. The van der Waals surface area contributed by atoms with Crippen molar-refractivity contribution < 1.29 is 9.59 Å². The second-order valence-electron chi connectivity index (χ2n) is 4.30. The zero-order valence-electron chi connectivity index (χ0n) is 9.54. The number of amides is 1. The third-order valence-electron chi connectivity index (χ3n) is 3.24. The Morgan fingerprint density at radius 2 is 1.94 bits per heavy atom. The summed E-state index contributed by atoms with van der Waals surface area (Å²) < 4.78 is 0. The smallest absolute Gasteiger partial charge is 0.217 e. The molecule has 1 aliphatic rings. The Morgan fingerprint density at radius 3 is 2.56 bits per heavy atom. The lowest BCUT2D eigenvalue weighted by atomic mass is 9.88. The highest BCUT2D eigenvalue weighted by Crippen LogP contribution is 2.37. The number of rotatable bonds is 2. The van der Waals surface area contributed by atoms with Gasteiger partial charge in [-0.3, -0.25) is 9.59 Å². The van der Waals surface area contributed by atoms with Gasteiger partial charge in [-0.2, -0.15) is 0 Å². The van der Waals surface area contributed by atoms with Gasteiger partial charge >= 0.3 is 0 Å². The van der Waals surface area contributed by atoms with Crippen LogP contribution in [0.2, 0.25) is 0 Å². The fraction of sp³-hybridized carbons (Fsp3) is 0.385. The predicted octanol–water partition coefficient (Wildman–Crippen LogP) is 1.55. The van der Waals surface area contributed by atoms with Gasteiger partial charge in [-0.1, -0.05) is 24.3 Å². The average Bonchev–Trinajstić information content (AvgIpc) is 2.58. The molecule has 1 aliphatic carbocycles. The maximum atomic E-state index is 11.9. The fourth-order valence-electron chi connectivity index (χ4n) is 2.50. The Bertz CT molecular complexity index is 453. The molecule has 0 fully saturated rings. The summed E-state index contributed by atoms with van der Waals surface area (Å²) in [6.07, 6.45) is 1.51. The number of hydrogen-bond donors (Lipinski definition) is 1. The first-order valence-electron chi connectivity index (χ1n) is 5.44. The van der Waals surface area contributed by atoms with Gasteiger partial charge in [0.25, 0.3) is 0 Å². The van der Waals surface area contributed by atoms with Gasteiger partial charge in [0.2, 0.25) is 5.91 Å². The van der Waals surface area contributed by atoms with Crippen molar-refractivity contribution >= 4 is 11.7 Å². The minimum atomic E-state index is -0.789. The average molecular weight is 217 g/mol. The first kappa shape index (κ1) is 10.9. The number of Topliss-reactive ketones (excluding diaryl/α,β-unsaturated/α-hetero) is 1. The minimum absolute atomic E-state index is 0.00708. The summed E-state index contributed by atoms with van der Waals surface area (Å²) in [5, 5.41) is 2.82. The molecule has 16 heavy (non-hydrogen) atoms. The van der Waals surface area contributed by atoms with Crippen molar-refractivity contribution in [3.8, 4) is 0 Å². The van der Waals surface area contributed by atoms with Gasteiger partial charge in [-0.25, -0.2) is 0 Å². The second-order valence-corrected chi connectivity index (χ2v) is 4.30. The Labute approximate surface area is 94.9 Å². The predicted molar refractivity (Wildman–Crippen MR) is 60.9 cm³/mol. The van der Waals surface area contributed by atoms with Crippen molar-refractivity contribution in [3.63, 3.8) is 0 Å². The van der Waals surface area contributed by atoms with E-state index in [0.717, 1.165) is 17.5 Å². The van der Waals surface area contributed by atoms with Gasteiger partial charge in [0.05, 0.1) is 0 Å². The lowest BCUT2D eigenvalue weighted by molar-refractivity contribution is -0.130. The SMILES string of the molecule is CC(=O)NC1(C(C)=O)CCc2ccccc21. The van der Waals surface area contributed by atoms with Gasteiger partial charge < -0.3 is 5.32 Å². The zero-order valence-corrected chi connectivity index (χ0v) is 9.54. The van der Waals surface area contributed by atoms with Crippen LogP contribution in [0.15, 0.2) is 24.3 Å². The van der Waals surface area contributed by atoms with Crippen LogP contribution in [-0.2, 0) is 21.5 Å². The van der Waals surface area contributed by atoms with Crippen molar-refractivity contribution in [2.75, 3.05) is 0 Å². The fourth-order valence-corrected chi connectivity index (χ4v) is 2.50. The number of ketones is 1. The molecule has 3 heteroatoms. The highest BCUT2D eigenvalue weighted by Gasteiger charge is 2.43. The number of benzene rings is 1. The highest BCUT2D eigenvalue weighted by atomic mass is 16.2. The third kappa shape index (κ3) is 1.52. The molecule has 0 bridgehead atoms. The van der Waals surface area contributed by atoms with E-state index in [0.29, 0.717) is 6.42 Å². The normalized spacial score (nSPS) is 22.6. The Balaban J connectivity index is 2.51. The maximum Gasteiger partial charge on any atom is 0.217 e. The summed E-state index contributed by atoms with van der Waals surface area (Å²) in [7, 11) is 0. The van der Waals surface area contributed by atoms with Crippen molar-refractivity contribution in [3.05, 3.63) is 35.4 Å². The lowest BCUT2D eigenvalue weighted by Crippen LogP contribution is -2.48. The number of fused-ring (bicyclic) bond motifs is 1. The summed E-state index contributed by atoms with van der Waals surface area (Å²) in [5.74, 6) is -0.153. The van der Waals surface area contributed by atoms with E-state index in [1.807, 2.05) is 24.3 Å². The van der Waals surface area contributed by atoms with Crippen molar-refractivity contribution in [2.24, 2.45) is 0 Å². The molecule has 0 spiro atoms. The van der Waals surface area contributed by atoms with Gasteiger partial charge in [-0.05, 0) is 30.9 Å². The van der Waals surface area contributed by atoms with Crippen LogP contribution in [0.3, 0.4) is 0 Å².